The molecule has 0 aromatic carbocycles. The second-order valence-corrected chi connectivity index (χ2v) is 8.56. The lowest BCUT2D eigenvalue weighted by Crippen LogP contribution is -2.41. The molecular formula is C23H26B3F2N3O3. The molecule has 1 fully saturated rings. The van der Waals surface area contributed by atoms with Gasteiger partial charge >= 0.3 is 0 Å². The summed E-state index contributed by atoms with van der Waals surface area (Å²) >= 11 is 0. The summed E-state index contributed by atoms with van der Waals surface area (Å²) in [6.07, 6.45) is 3.73. The molecule has 11 heteroatoms. The molecule has 1 saturated carbocycles. The summed E-state index contributed by atoms with van der Waals surface area (Å²) in [5.74, 6) is 0.00804. The first-order chi connectivity index (χ1) is 16.1. The van der Waals surface area contributed by atoms with E-state index in [0.29, 0.717) is 29.8 Å². The number of alkyl halides is 2. The van der Waals surface area contributed by atoms with Gasteiger partial charge in [-0.3, -0.25) is 4.79 Å². The van der Waals surface area contributed by atoms with Crippen LogP contribution in [0.1, 0.15) is 72.9 Å². The predicted molar refractivity (Wildman–Crippen MR) is 127 cm³/mol. The van der Waals surface area contributed by atoms with Gasteiger partial charge in [0, 0.05) is 24.5 Å². The van der Waals surface area contributed by atoms with Crippen LogP contribution in [0.25, 0.3) is 0 Å². The fourth-order valence-electron chi connectivity index (χ4n) is 4.57. The molecule has 1 aliphatic rings. The van der Waals surface area contributed by atoms with Crippen molar-refractivity contribution in [2.75, 3.05) is 7.11 Å². The third-order valence-electron chi connectivity index (χ3n) is 6.22. The Bertz CT molecular complexity index is 966. The van der Waals surface area contributed by atoms with Gasteiger partial charge in [-0.15, -0.1) is 0 Å². The first-order valence-electron chi connectivity index (χ1n) is 11.3. The largest absolute Gasteiger partial charge is 0.501 e. The average Bonchev–Trinajstić information content (AvgIpc) is 2.81. The number of ether oxygens (including phenoxy) is 2. The van der Waals surface area contributed by atoms with Crippen molar-refractivity contribution in [2.45, 2.75) is 62.7 Å². The number of hydrogen-bond acceptors (Lipinski definition) is 5. The Hall–Kier alpha value is -2.58. The molecule has 6 radical (unpaired) electrons. The Balaban J connectivity index is 1.68. The highest BCUT2D eigenvalue weighted by Gasteiger charge is 2.32. The van der Waals surface area contributed by atoms with Crippen LogP contribution >= 0.6 is 0 Å². The molecule has 0 aliphatic heterocycles. The molecule has 0 bridgehead atoms. The highest BCUT2D eigenvalue weighted by Crippen LogP contribution is 2.43. The van der Waals surface area contributed by atoms with Crippen molar-refractivity contribution in [1.29, 1.82) is 0 Å². The summed E-state index contributed by atoms with van der Waals surface area (Å²) in [7, 11) is 17.8. The van der Waals surface area contributed by atoms with Gasteiger partial charge in [-0.05, 0) is 66.9 Å². The van der Waals surface area contributed by atoms with Crippen LogP contribution in [-0.4, -0.2) is 57.9 Å². The van der Waals surface area contributed by atoms with Crippen LogP contribution < -0.4 is 14.8 Å². The summed E-state index contributed by atoms with van der Waals surface area (Å²) in [5, 5.41) is 0.986. The Morgan fingerprint density at radius 2 is 1.88 bits per heavy atom. The van der Waals surface area contributed by atoms with Crippen molar-refractivity contribution in [2.24, 2.45) is 5.92 Å². The number of carbonyl (C=O) groups excluding carboxylic acids is 1. The van der Waals surface area contributed by atoms with E-state index in [2.05, 4.69) is 15.3 Å². The minimum Gasteiger partial charge on any atom is -0.501 e. The highest BCUT2D eigenvalue weighted by atomic mass is 19.3. The number of pyridine rings is 2. The quantitative estimate of drug-likeness (QED) is 0.578. The maximum Gasteiger partial charge on any atom is 0.269 e. The summed E-state index contributed by atoms with van der Waals surface area (Å²) in [4.78, 5) is 20.6. The van der Waals surface area contributed by atoms with Gasteiger partial charge in [0.05, 0.1) is 18.2 Å². The SMILES string of the molecule is [B]C([B])([B])Oc1nccc(C2CCC([C@@H](CC)NC(=O)c3ccc(OC)nc3)CC2)c1C(F)F. The lowest BCUT2D eigenvalue weighted by Gasteiger charge is -2.35. The van der Waals surface area contributed by atoms with Crippen LogP contribution in [0.15, 0.2) is 30.6 Å². The van der Waals surface area contributed by atoms with Crippen LogP contribution in [-0.2, 0) is 0 Å². The van der Waals surface area contributed by atoms with E-state index in [4.69, 9.17) is 33.0 Å². The minimum atomic E-state index is -2.82. The number of carbonyl (C=O) groups is 1. The topological polar surface area (TPSA) is 73.3 Å². The van der Waals surface area contributed by atoms with Crippen LogP contribution in [0.2, 0.25) is 0 Å². The molecule has 174 valence electrons. The predicted octanol–water partition coefficient (Wildman–Crippen LogP) is 3.40. The molecule has 1 atom stereocenters. The normalized spacial score (nSPS) is 19.4. The van der Waals surface area contributed by atoms with E-state index >= 15 is 0 Å². The van der Waals surface area contributed by atoms with E-state index in [1.807, 2.05) is 6.92 Å². The monoisotopic (exact) mass is 463 g/mol. The van der Waals surface area contributed by atoms with Crippen molar-refractivity contribution in [3.8, 4) is 11.8 Å². The molecule has 2 aromatic rings. The Morgan fingerprint density at radius 3 is 2.41 bits per heavy atom. The number of nitrogens with one attached hydrogen (secondary N) is 1. The van der Waals surface area contributed by atoms with Gasteiger partial charge in [-0.2, -0.15) is 0 Å². The molecule has 6 nitrogen and oxygen atoms in total. The van der Waals surface area contributed by atoms with Crippen molar-refractivity contribution >= 4 is 29.4 Å². The number of nitrogens with zero attached hydrogens (tertiary/aromatic N) is 2. The summed E-state index contributed by atoms with van der Waals surface area (Å²) in [6, 6.07) is 4.85. The van der Waals surface area contributed by atoms with Crippen molar-refractivity contribution in [3.63, 3.8) is 0 Å². The second-order valence-electron chi connectivity index (χ2n) is 8.56. The molecule has 0 spiro atoms. The smallest absolute Gasteiger partial charge is 0.269 e. The van der Waals surface area contributed by atoms with Crippen LogP contribution in [0.5, 0.6) is 11.8 Å². The third-order valence-corrected chi connectivity index (χ3v) is 6.22. The lowest BCUT2D eigenvalue weighted by atomic mass is 9.52. The van der Waals surface area contributed by atoms with Gasteiger partial charge < -0.3 is 14.8 Å². The highest BCUT2D eigenvalue weighted by molar-refractivity contribution is 6.58. The van der Waals surface area contributed by atoms with E-state index in [1.165, 1.54) is 19.5 Å². The van der Waals surface area contributed by atoms with E-state index in [0.717, 1.165) is 19.3 Å². The van der Waals surface area contributed by atoms with Gasteiger partial charge in [0.25, 0.3) is 12.3 Å². The number of methoxy groups -OCH3 is 1. The fraction of sp³-hybridized carbons (Fsp3) is 0.522. The maximum absolute atomic E-state index is 13.9. The molecule has 2 heterocycles. The minimum absolute atomic E-state index is 0.0335. The molecule has 34 heavy (non-hydrogen) atoms. The number of halogens is 2. The standard InChI is InChI=1S/C23H26B3F2N3O3/c1-3-17(31-21(32)15-8-9-18(33-2)30-12-15)14-6-4-13(5-7-14)16-10-11-29-22(19(16)20(27)28)34-23(24,25)26/h8-14,17,20H,3-7H2,1-2H3,(H,31,32)/t13?,14?,17-/m1/s1. The zero-order chi connectivity index (χ0) is 24.9. The lowest BCUT2D eigenvalue weighted by molar-refractivity contribution is 0.0908. The van der Waals surface area contributed by atoms with Gasteiger partial charge in [-0.25, -0.2) is 18.7 Å². The van der Waals surface area contributed by atoms with Gasteiger partial charge in [-0.1, -0.05) is 6.92 Å². The molecule has 0 saturated heterocycles. The van der Waals surface area contributed by atoms with E-state index in [1.54, 1.807) is 18.2 Å². The molecule has 2 aromatic heterocycles. The molecule has 0 unspecified atom stereocenters. The van der Waals surface area contributed by atoms with Gasteiger partial charge in [0.15, 0.2) is 0 Å². The zero-order valence-electron chi connectivity index (χ0n) is 19.3. The van der Waals surface area contributed by atoms with Gasteiger partial charge in [0.2, 0.25) is 11.8 Å². The Kier molecular flexibility index (Phi) is 8.60. The zero-order valence-corrected chi connectivity index (χ0v) is 19.3. The van der Waals surface area contributed by atoms with E-state index in [9.17, 15) is 13.6 Å². The van der Waals surface area contributed by atoms with Gasteiger partial charge in [0.1, 0.15) is 23.5 Å². The molecule has 3 rings (SSSR count). The van der Waals surface area contributed by atoms with Crippen LogP contribution in [0.3, 0.4) is 0 Å². The maximum atomic E-state index is 13.9. The van der Waals surface area contributed by atoms with E-state index < -0.39 is 11.7 Å². The average molecular weight is 463 g/mol. The van der Waals surface area contributed by atoms with E-state index in [-0.39, 0.29) is 35.2 Å². The van der Waals surface area contributed by atoms with Crippen LogP contribution in [0, 0.1) is 5.92 Å². The first kappa shape index (κ1) is 26.0. The number of rotatable bonds is 9. The van der Waals surface area contributed by atoms with Crippen LogP contribution in [0.4, 0.5) is 8.78 Å². The van der Waals surface area contributed by atoms with Crippen molar-refractivity contribution in [3.05, 3.63) is 47.3 Å². The summed E-state index contributed by atoms with van der Waals surface area (Å²) in [5.41, 5.74) is 0.586. The number of amides is 1. The molecule has 1 N–H and O–H groups in total. The number of aromatic nitrogens is 2. The Labute approximate surface area is 202 Å². The first-order valence-corrected chi connectivity index (χ1v) is 11.3. The Morgan fingerprint density at radius 1 is 1.18 bits per heavy atom. The summed E-state index contributed by atoms with van der Waals surface area (Å²) in [6.45, 7) is 2.02. The summed E-state index contributed by atoms with van der Waals surface area (Å²) < 4.78 is 38.0. The molecular weight excluding hydrogens is 437 g/mol. The van der Waals surface area contributed by atoms with Crippen molar-refractivity contribution in [1.82, 2.24) is 15.3 Å². The number of hydrogen-bond donors (Lipinski definition) is 1. The molecule has 1 aliphatic carbocycles. The van der Waals surface area contributed by atoms with Crippen molar-refractivity contribution < 1.29 is 23.0 Å². The second kappa shape index (κ2) is 11.2. The molecule has 1 amide bonds. The fourth-order valence-corrected chi connectivity index (χ4v) is 4.57. The third kappa shape index (κ3) is 6.51.